The summed E-state index contributed by atoms with van der Waals surface area (Å²) in [5.74, 6) is -0.103. The maximum absolute atomic E-state index is 11.5. The van der Waals surface area contributed by atoms with Gasteiger partial charge in [-0.15, -0.1) is 0 Å². The van der Waals surface area contributed by atoms with Crippen LogP contribution in [0, 0.1) is 0 Å². The number of ether oxygens (including phenoxy) is 1. The van der Waals surface area contributed by atoms with E-state index in [1.165, 1.54) is 7.11 Å². The third kappa shape index (κ3) is 2.21. The summed E-state index contributed by atoms with van der Waals surface area (Å²) in [6, 6.07) is 0. The first kappa shape index (κ1) is 13.6. The van der Waals surface area contributed by atoms with E-state index in [0.717, 1.165) is 18.4 Å². The quantitative estimate of drug-likeness (QED) is 0.559. The van der Waals surface area contributed by atoms with Gasteiger partial charge in [-0.25, -0.2) is 4.79 Å². The predicted molar refractivity (Wildman–Crippen MR) is 69.2 cm³/mol. The van der Waals surface area contributed by atoms with E-state index in [4.69, 9.17) is 14.0 Å². The van der Waals surface area contributed by atoms with Crippen molar-refractivity contribution in [2.45, 2.75) is 57.6 Å². The van der Waals surface area contributed by atoms with E-state index in [1.807, 2.05) is 33.8 Å². The van der Waals surface area contributed by atoms with Crippen LogP contribution in [0.2, 0.25) is 5.82 Å². The number of carbonyl (C=O) groups excluding carboxylic acids is 1. The van der Waals surface area contributed by atoms with Crippen LogP contribution >= 0.6 is 0 Å². The predicted octanol–water partition coefficient (Wildman–Crippen LogP) is 2.34. The Kier molecular flexibility index (Phi) is 3.32. The minimum Gasteiger partial charge on any atom is -0.466 e. The van der Waals surface area contributed by atoms with Gasteiger partial charge in [0.05, 0.1) is 18.3 Å². The summed E-state index contributed by atoms with van der Waals surface area (Å²) < 4.78 is 16.7. The van der Waals surface area contributed by atoms with Crippen molar-refractivity contribution in [2.24, 2.45) is 0 Å². The molecule has 0 aromatic heterocycles. The van der Waals surface area contributed by atoms with Crippen molar-refractivity contribution in [1.82, 2.24) is 0 Å². The van der Waals surface area contributed by atoms with E-state index < -0.39 is 0 Å². The van der Waals surface area contributed by atoms with Crippen LogP contribution in [0.4, 0.5) is 0 Å². The van der Waals surface area contributed by atoms with Crippen LogP contribution in [-0.4, -0.2) is 31.4 Å². The van der Waals surface area contributed by atoms with Crippen molar-refractivity contribution in [2.75, 3.05) is 7.11 Å². The van der Waals surface area contributed by atoms with E-state index in [1.54, 1.807) is 0 Å². The monoisotopic (exact) mass is 252 g/mol. The third-order valence-electron chi connectivity index (χ3n) is 4.23. The summed E-state index contributed by atoms with van der Waals surface area (Å²) in [7, 11) is 1.14. The lowest BCUT2D eigenvalue weighted by atomic mass is 9.71. The second-order valence-electron chi connectivity index (χ2n) is 6.01. The van der Waals surface area contributed by atoms with E-state index in [-0.39, 0.29) is 30.1 Å². The average Bonchev–Trinajstić information content (AvgIpc) is 2.82. The summed E-state index contributed by atoms with van der Waals surface area (Å²) in [6.45, 7) is 8.14. The molecule has 5 heteroatoms. The van der Waals surface area contributed by atoms with Gasteiger partial charge in [-0.05, 0) is 40.5 Å². The third-order valence-corrected chi connectivity index (χ3v) is 4.23. The van der Waals surface area contributed by atoms with Crippen LogP contribution in [0.25, 0.3) is 0 Å². The molecule has 1 fully saturated rings. The molecule has 1 saturated heterocycles. The highest BCUT2D eigenvalue weighted by molar-refractivity contribution is 6.48. The van der Waals surface area contributed by atoms with Crippen molar-refractivity contribution in [3.63, 3.8) is 0 Å². The van der Waals surface area contributed by atoms with E-state index >= 15 is 0 Å². The molecule has 0 amide bonds. The number of carbonyl (C=O) groups is 1. The highest BCUT2D eigenvalue weighted by atomic mass is 16.7. The molecule has 0 aromatic rings. The van der Waals surface area contributed by atoms with Gasteiger partial charge in [-0.2, -0.15) is 0 Å². The number of allylic oxidation sites excluding steroid dienone is 1. The molecular weight excluding hydrogens is 231 g/mol. The average molecular weight is 252 g/mol. The minimum atomic E-state index is -0.320. The van der Waals surface area contributed by atoms with Crippen molar-refractivity contribution >= 4 is 13.1 Å². The van der Waals surface area contributed by atoms with Gasteiger partial charge in [-0.3, -0.25) is 0 Å². The molecule has 0 spiro atoms. The fourth-order valence-electron chi connectivity index (χ4n) is 2.33. The Morgan fingerprint density at radius 1 is 1.33 bits per heavy atom. The normalized spacial score (nSPS) is 29.3. The lowest BCUT2D eigenvalue weighted by molar-refractivity contribution is -0.136. The summed E-state index contributed by atoms with van der Waals surface area (Å²) in [6.07, 6.45) is 3.55. The topological polar surface area (TPSA) is 44.8 Å². The first-order valence-corrected chi connectivity index (χ1v) is 6.41. The van der Waals surface area contributed by atoms with Crippen molar-refractivity contribution < 1.29 is 18.8 Å². The van der Waals surface area contributed by atoms with Crippen LogP contribution in [0.15, 0.2) is 11.6 Å². The van der Waals surface area contributed by atoms with Crippen LogP contribution in [0.5, 0.6) is 0 Å². The lowest BCUT2D eigenvalue weighted by Crippen LogP contribution is -2.41. The van der Waals surface area contributed by atoms with E-state index in [0.29, 0.717) is 0 Å². The second-order valence-corrected chi connectivity index (χ2v) is 6.01. The molecule has 1 aliphatic heterocycles. The Bertz CT molecular complexity index is 370. The van der Waals surface area contributed by atoms with Crippen LogP contribution in [0.1, 0.15) is 40.5 Å². The van der Waals surface area contributed by atoms with Gasteiger partial charge < -0.3 is 14.0 Å². The molecule has 1 unspecified atom stereocenters. The van der Waals surface area contributed by atoms with Gasteiger partial charge in [0.2, 0.25) is 0 Å². The van der Waals surface area contributed by atoms with Gasteiger partial charge in [0.25, 0.3) is 0 Å². The van der Waals surface area contributed by atoms with Crippen molar-refractivity contribution in [3.8, 4) is 0 Å². The molecule has 1 aliphatic carbocycles. The van der Waals surface area contributed by atoms with Gasteiger partial charge >= 0.3 is 13.1 Å². The molecule has 4 nitrogen and oxygen atoms in total. The Balaban J connectivity index is 2.08. The van der Waals surface area contributed by atoms with Gasteiger partial charge in [0.1, 0.15) is 0 Å². The molecule has 1 atom stereocenters. The SMILES string of the molecule is COC(=O)C1=CC(B2OC(C)(C)C(C)(C)O2)CC1. The standard InChI is InChI=1S/C13H21BO4/c1-12(2)13(3,4)18-14(17-12)10-7-6-9(8-10)11(15)16-5/h8,10H,6-7H2,1-5H3. The fraction of sp³-hybridized carbons (Fsp3) is 0.769. The number of hydrogen-bond donors (Lipinski definition) is 0. The molecule has 0 N–H and O–H groups in total. The first-order valence-electron chi connectivity index (χ1n) is 6.41. The lowest BCUT2D eigenvalue weighted by Gasteiger charge is -2.32. The molecule has 0 bridgehead atoms. The Hall–Kier alpha value is -0.805. The van der Waals surface area contributed by atoms with Gasteiger partial charge in [0.15, 0.2) is 0 Å². The smallest absolute Gasteiger partial charge is 0.465 e. The maximum atomic E-state index is 11.5. The largest absolute Gasteiger partial charge is 0.466 e. The number of rotatable bonds is 2. The zero-order chi connectivity index (χ0) is 13.6. The molecule has 0 saturated carbocycles. The molecular formula is C13H21BO4. The zero-order valence-corrected chi connectivity index (χ0v) is 11.8. The van der Waals surface area contributed by atoms with Crippen LogP contribution in [0.3, 0.4) is 0 Å². The molecule has 0 radical (unpaired) electrons. The number of esters is 1. The summed E-state index contributed by atoms with van der Waals surface area (Å²) >= 11 is 0. The summed E-state index contributed by atoms with van der Waals surface area (Å²) in [4.78, 5) is 11.5. The summed E-state index contributed by atoms with van der Waals surface area (Å²) in [5, 5.41) is 0. The van der Waals surface area contributed by atoms with Crippen LogP contribution < -0.4 is 0 Å². The van der Waals surface area contributed by atoms with E-state index in [2.05, 4.69) is 0 Å². The minimum absolute atomic E-state index is 0.139. The highest BCUT2D eigenvalue weighted by Crippen LogP contribution is 2.43. The highest BCUT2D eigenvalue weighted by Gasteiger charge is 2.53. The van der Waals surface area contributed by atoms with Crippen molar-refractivity contribution in [1.29, 1.82) is 0 Å². The maximum Gasteiger partial charge on any atom is 0.465 e. The van der Waals surface area contributed by atoms with Gasteiger partial charge in [0, 0.05) is 11.4 Å². The Labute approximate surface area is 109 Å². The molecule has 1 heterocycles. The van der Waals surface area contributed by atoms with Gasteiger partial charge in [-0.1, -0.05) is 6.08 Å². The number of methoxy groups -OCH3 is 1. The van der Waals surface area contributed by atoms with Crippen molar-refractivity contribution in [3.05, 3.63) is 11.6 Å². The second kappa shape index (κ2) is 4.39. The molecule has 2 rings (SSSR count). The summed E-state index contributed by atoms with van der Waals surface area (Å²) in [5.41, 5.74) is 0.0937. The number of hydrogen-bond acceptors (Lipinski definition) is 4. The Morgan fingerprint density at radius 3 is 2.39 bits per heavy atom. The first-order chi connectivity index (χ1) is 8.27. The zero-order valence-electron chi connectivity index (χ0n) is 11.8. The fourth-order valence-corrected chi connectivity index (χ4v) is 2.33. The molecule has 18 heavy (non-hydrogen) atoms. The van der Waals surface area contributed by atoms with Crippen LogP contribution in [-0.2, 0) is 18.8 Å². The molecule has 0 aromatic carbocycles. The Morgan fingerprint density at radius 2 is 1.89 bits per heavy atom. The van der Waals surface area contributed by atoms with E-state index in [9.17, 15) is 4.79 Å². The molecule has 2 aliphatic rings. The molecule has 100 valence electrons.